The first kappa shape index (κ1) is 14.3. The topological polar surface area (TPSA) is 53.8 Å². The molecule has 0 fully saturated rings. The normalized spacial score (nSPS) is 12.7. The third-order valence-corrected chi connectivity index (χ3v) is 1.98. The number of benzene rings is 1. The molecule has 0 aliphatic rings. The molecule has 0 atom stereocenters. The molecule has 4 nitrogen and oxygen atoms in total. The number of amidine groups is 1. The number of hydrogen-bond donors (Lipinski definition) is 2. The Kier molecular flexibility index (Phi) is 4.55. The van der Waals surface area contributed by atoms with E-state index in [1.807, 2.05) is 19.3 Å². The Morgan fingerprint density at radius 2 is 1.83 bits per heavy atom. The highest BCUT2D eigenvalue weighted by molar-refractivity contribution is 5.85. The van der Waals surface area contributed by atoms with Crippen molar-refractivity contribution in [1.82, 2.24) is 5.48 Å². The van der Waals surface area contributed by atoms with Gasteiger partial charge < -0.3 is 4.74 Å². The number of rotatable bonds is 3. The van der Waals surface area contributed by atoms with Gasteiger partial charge >= 0.3 is 6.36 Å². The maximum Gasteiger partial charge on any atom is 0.573 e. The van der Waals surface area contributed by atoms with E-state index in [1.54, 1.807) is 0 Å². The Morgan fingerprint density at radius 1 is 1.28 bits per heavy atom. The van der Waals surface area contributed by atoms with Crippen molar-refractivity contribution < 1.29 is 23.1 Å². The van der Waals surface area contributed by atoms with Crippen molar-refractivity contribution >= 4 is 11.5 Å². The van der Waals surface area contributed by atoms with Gasteiger partial charge in [-0.25, -0.2) is 4.99 Å². The smallest absolute Gasteiger partial charge is 0.406 e. The fraction of sp³-hybridized carbons (Fsp3) is 0.364. The van der Waals surface area contributed by atoms with Gasteiger partial charge in [0.15, 0.2) is 0 Å². The van der Waals surface area contributed by atoms with Crippen molar-refractivity contribution in [3.05, 3.63) is 24.3 Å². The van der Waals surface area contributed by atoms with Crippen molar-refractivity contribution in [3.63, 3.8) is 0 Å². The SMILES string of the molecule is CC(C)C(=Nc1ccc(OC(F)(F)F)cc1)NO. The van der Waals surface area contributed by atoms with Gasteiger partial charge in [0.25, 0.3) is 0 Å². The standard InChI is InChI=1S/C11H13F3N2O2/c1-7(2)10(16-17)15-8-3-5-9(6-4-8)18-11(12,13)14/h3-7,17H,1-2H3,(H,15,16). The maximum absolute atomic E-state index is 11.9. The Balaban J connectivity index is 2.83. The molecule has 0 aliphatic heterocycles. The average Bonchev–Trinajstić information content (AvgIpc) is 2.25. The molecule has 0 saturated carbocycles. The lowest BCUT2D eigenvalue weighted by Gasteiger charge is -2.10. The van der Waals surface area contributed by atoms with Crippen LogP contribution in [0.4, 0.5) is 18.9 Å². The molecule has 1 rings (SSSR count). The van der Waals surface area contributed by atoms with Gasteiger partial charge in [0.05, 0.1) is 5.69 Å². The molecule has 0 bridgehead atoms. The zero-order valence-corrected chi connectivity index (χ0v) is 9.82. The molecule has 0 heterocycles. The minimum atomic E-state index is -4.71. The number of nitrogens with one attached hydrogen (secondary N) is 1. The lowest BCUT2D eigenvalue weighted by molar-refractivity contribution is -0.274. The van der Waals surface area contributed by atoms with Gasteiger partial charge in [-0.2, -0.15) is 0 Å². The molecule has 0 aliphatic carbocycles. The molecule has 100 valence electrons. The molecule has 1 aromatic rings. The Hall–Kier alpha value is -1.76. The number of hydrogen-bond acceptors (Lipinski definition) is 3. The summed E-state index contributed by atoms with van der Waals surface area (Å²) in [5.41, 5.74) is 2.35. The van der Waals surface area contributed by atoms with Gasteiger partial charge in [-0.05, 0) is 24.3 Å². The molecule has 0 spiro atoms. The van der Waals surface area contributed by atoms with Crippen LogP contribution in [0.15, 0.2) is 29.3 Å². The molecule has 18 heavy (non-hydrogen) atoms. The van der Waals surface area contributed by atoms with Crippen LogP contribution in [0.25, 0.3) is 0 Å². The number of nitrogens with zero attached hydrogens (tertiary/aromatic N) is 1. The fourth-order valence-corrected chi connectivity index (χ4v) is 1.14. The maximum atomic E-state index is 11.9. The highest BCUT2D eigenvalue weighted by Crippen LogP contribution is 2.25. The number of hydroxylamine groups is 1. The van der Waals surface area contributed by atoms with Gasteiger partial charge in [-0.1, -0.05) is 13.8 Å². The van der Waals surface area contributed by atoms with Gasteiger partial charge in [-0.15, -0.1) is 13.2 Å². The van der Waals surface area contributed by atoms with Crippen LogP contribution in [0, 0.1) is 5.92 Å². The predicted molar refractivity (Wildman–Crippen MR) is 60.0 cm³/mol. The average molecular weight is 262 g/mol. The third-order valence-electron chi connectivity index (χ3n) is 1.98. The van der Waals surface area contributed by atoms with E-state index < -0.39 is 6.36 Å². The van der Waals surface area contributed by atoms with E-state index >= 15 is 0 Å². The second-order valence-electron chi connectivity index (χ2n) is 3.81. The van der Waals surface area contributed by atoms with Crippen LogP contribution in [0.5, 0.6) is 5.75 Å². The second-order valence-corrected chi connectivity index (χ2v) is 3.81. The summed E-state index contributed by atoms with van der Waals surface area (Å²) in [4.78, 5) is 4.03. The lowest BCUT2D eigenvalue weighted by Crippen LogP contribution is -2.24. The van der Waals surface area contributed by atoms with Crippen LogP contribution in [0.1, 0.15) is 13.8 Å². The molecule has 0 unspecified atom stereocenters. The predicted octanol–water partition coefficient (Wildman–Crippen LogP) is 3.25. The van der Waals surface area contributed by atoms with Crippen LogP contribution >= 0.6 is 0 Å². The van der Waals surface area contributed by atoms with Crippen LogP contribution in [0.3, 0.4) is 0 Å². The van der Waals surface area contributed by atoms with Gasteiger partial charge in [0.2, 0.25) is 0 Å². The largest absolute Gasteiger partial charge is 0.573 e. The number of aliphatic imine (C=N–C) groups is 1. The minimum absolute atomic E-state index is 0.0406. The molecule has 0 aromatic heterocycles. The molecular formula is C11H13F3N2O2. The van der Waals surface area contributed by atoms with Gasteiger partial charge in [-0.3, -0.25) is 10.7 Å². The van der Waals surface area contributed by atoms with E-state index in [2.05, 4.69) is 9.73 Å². The molecule has 2 N–H and O–H groups in total. The Labute approximate surface area is 102 Å². The van der Waals surface area contributed by atoms with Crippen molar-refractivity contribution in [2.45, 2.75) is 20.2 Å². The third kappa shape index (κ3) is 4.62. The Morgan fingerprint density at radius 3 is 2.22 bits per heavy atom. The van der Waals surface area contributed by atoms with Crippen LogP contribution in [-0.4, -0.2) is 17.4 Å². The second kappa shape index (κ2) is 5.72. The molecule has 0 amide bonds. The summed E-state index contributed by atoms with van der Waals surface area (Å²) < 4.78 is 39.5. The van der Waals surface area contributed by atoms with Crippen LogP contribution < -0.4 is 10.2 Å². The first-order valence-electron chi connectivity index (χ1n) is 5.16. The molecule has 0 radical (unpaired) electrons. The molecule has 0 saturated heterocycles. The lowest BCUT2D eigenvalue weighted by atomic mass is 10.2. The summed E-state index contributed by atoms with van der Waals surface area (Å²) in [6, 6.07) is 5.03. The highest BCUT2D eigenvalue weighted by Gasteiger charge is 2.30. The van der Waals surface area contributed by atoms with E-state index in [9.17, 15) is 13.2 Å². The van der Waals surface area contributed by atoms with E-state index in [1.165, 1.54) is 12.1 Å². The van der Waals surface area contributed by atoms with Gasteiger partial charge in [0, 0.05) is 5.92 Å². The summed E-state index contributed by atoms with van der Waals surface area (Å²) in [6.45, 7) is 3.62. The van der Waals surface area contributed by atoms with Crippen molar-refractivity contribution in [3.8, 4) is 5.75 Å². The van der Waals surface area contributed by atoms with Crippen molar-refractivity contribution in [2.24, 2.45) is 10.9 Å². The van der Waals surface area contributed by atoms with E-state index in [-0.39, 0.29) is 11.7 Å². The quantitative estimate of drug-likeness (QED) is 0.499. The molecule has 1 aromatic carbocycles. The highest BCUT2D eigenvalue weighted by atomic mass is 19.4. The minimum Gasteiger partial charge on any atom is -0.406 e. The zero-order valence-electron chi connectivity index (χ0n) is 9.82. The fourth-order valence-electron chi connectivity index (χ4n) is 1.14. The molecular weight excluding hydrogens is 249 g/mol. The summed E-state index contributed by atoms with van der Waals surface area (Å²) in [5.74, 6) is -0.0369. The number of alkyl halides is 3. The van der Waals surface area contributed by atoms with E-state index in [4.69, 9.17) is 5.21 Å². The van der Waals surface area contributed by atoms with Crippen LogP contribution in [-0.2, 0) is 0 Å². The summed E-state index contributed by atoms with van der Waals surface area (Å²) in [6.07, 6.45) is -4.71. The summed E-state index contributed by atoms with van der Waals surface area (Å²) >= 11 is 0. The van der Waals surface area contributed by atoms with Crippen LogP contribution in [0.2, 0.25) is 0 Å². The summed E-state index contributed by atoms with van der Waals surface area (Å²) in [7, 11) is 0. The van der Waals surface area contributed by atoms with Crippen molar-refractivity contribution in [1.29, 1.82) is 0 Å². The van der Waals surface area contributed by atoms with E-state index in [0.717, 1.165) is 12.1 Å². The monoisotopic (exact) mass is 262 g/mol. The van der Waals surface area contributed by atoms with Crippen molar-refractivity contribution in [2.75, 3.05) is 0 Å². The zero-order chi connectivity index (χ0) is 13.8. The first-order valence-corrected chi connectivity index (χ1v) is 5.16. The summed E-state index contributed by atoms with van der Waals surface area (Å²) in [5, 5.41) is 8.81. The first-order chi connectivity index (χ1) is 8.31. The molecule has 7 heteroatoms. The van der Waals surface area contributed by atoms with E-state index in [0.29, 0.717) is 11.5 Å². The number of halogens is 3. The van der Waals surface area contributed by atoms with Gasteiger partial charge in [0.1, 0.15) is 11.6 Å². The Bertz CT molecular complexity index is 413. The number of ether oxygens (including phenoxy) is 1.